The van der Waals surface area contributed by atoms with E-state index in [4.69, 9.17) is 11.5 Å². The van der Waals surface area contributed by atoms with Crippen molar-refractivity contribution in [1.29, 1.82) is 0 Å². The molecular weight excluding hydrogens is 242 g/mol. The summed E-state index contributed by atoms with van der Waals surface area (Å²) < 4.78 is 0. The number of nitrogens with two attached hydrogens (primary N) is 2. The van der Waals surface area contributed by atoms with E-state index < -0.39 is 0 Å². The number of aryl methyl sites for hydroxylation is 1. The first kappa shape index (κ1) is 15.8. The van der Waals surface area contributed by atoms with Crippen LogP contribution in [0.25, 0.3) is 0 Å². The zero-order chi connectivity index (χ0) is 12.1. The summed E-state index contributed by atoms with van der Waals surface area (Å²) in [6.07, 6.45) is 1.32. The molecule has 1 unspecified atom stereocenters. The third-order valence-corrected chi connectivity index (χ3v) is 2.58. The van der Waals surface area contributed by atoms with Crippen LogP contribution in [0.4, 0.5) is 5.69 Å². The van der Waals surface area contributed by atoms with Crippen LogP contribution in [0.5, 0.6) is 0 Å². The second-order valence-corrected chi connectivity index (χ2v) is 3.69. The summed E-state index contributed by atoms with van der Waals surface area (Å²) in [6, 6.07) is 4.83. The predicted octanol–water partition coefficient (Wildman–Crippen LogP) is 1.93. The first-order valence-corrected chi connectivity index (χ1v) is 5.33. The van der Waals surface area contributed by atoms with E-state index in [1.165, 1.54) is 0 Å². The quantitative estimate of drug-likeness (QED) is 0.624. The maximum Gasteiger partial charge on any atom is 0.274 e. The lowest BCUT2D eigenvalue weighted by atomic mass is 10.00. The molecule has 0 saturated carbocycles. The van der Waals surface area contributed by atoms with Gasteiger partial charge in [-0.2, -0.15) is 0 Å². The molecule has 0 amide bonds. The van der Waals surface area contributed by atoms with E-state index in [0.29, 0.717) is 18.5 Å². The van der Waals surface area contributed by atoms with Gasteiger partial charge in [0.15, 0.2) is 0 Å². The van der Waals surface area contributed by atoms with Crippen LogP contribution in [0, 0.1) is 10.1 Å². The average Bonchev–Trinajstić information content (AvgIpc) is 2.28. The Hall–Kier alpha value is -1.17. The van der Waals surface area contributed by atoms with E-state index in [1.54, 1.807) is 12.1 Å². The van der Waals surface area contributed by atoms with Gasteiger partial charge in [0.2, 0.25) is 0 Å². The zero-order valence-corrected chi connectivity index (χ0v) is 10.6. The Morgan fingerprint density at radius 3 is 2.59 bits per heavy atom. The number of benzene rings is 1. The van der Waals surface area contributed by atoms with E-state index >= 15 is 0 Å². The summed E-state index contributed by atoms with van der Waals surface area (Å²) in [5.74, 6) is 0. The van der Waals surface area contributed by atoms with Gasteiger partial charge in [-0.25, -0.2) is 0 Å². The largest absolute Gasteiger partial charge is 0.330 e. The molecule has 96 valence electrons. The van der Waals surface area contributed by atoms with E-state index in [1.807, 2.05) is 13.0 Å². The first-order valence-electron chi connectivity index (χ1n) is 5.33. The van der Waals surface area contributed by atoms with Gasteiger partial charge in [0.25, 0.3) is 5.69 Å². The van der Waals surface area contributed by atoms with Crippen LogP contribution < -0.4 is 11.5 Å². The summed E-state index contributed by atoms with van der Waals surface area (Å²) in [6.45, 7) is 2.38. The van der Waals surface area contributed by atoms with Crippen LogP contribution in [0.3, 0.4) is 0 Å². The topological polar surface area (TPSA) is 95.2 Å². The Balaban J connectivity index is 0.00000256. The molecule has 0 heterocycles. The fourth-order valence-electron chi connectivity index (χ4n) is 1.62. The Labute approximate surface area is 107 Å². The van der Waals surface area contributed by atoms with Crippen LogP contribution in [0.15, 0.2) is 18.2 Å². The van der Waals surface area contributed by atoms with Crippen LogP contribution in [0.2, 0.25) is 0 Å². The molecule has 0 radical (unpaired) electrons. The monoisotopic (exact) mass is 259 g/mol. The number of nitrogens with zero attached hydrogens (tertiary/aromatic N) is 1. The van der Waals surface area contributed by atoms with Gasteiger partial charge in [-0.05, 0) is 24.9 Å². The first-order chi connectivity index (χ1) is 7.60. The third-order valence-electron chi connectivity index (χ3n) is 2.58. The average molecular weight is 260 g/mol. The SMILES string of the molecule is CCc1ccc(C(N)CCN)c([N+](=O)[O-])c1.Cl. The summed E-state index contributed by atoms with van der Waals surface area (Å²) in [5.41, 5.74) is 12.9. The summed E-state index contributed by atoms with van der Waals surface area (Å²) >= 11 is 0. The molecule has 0 bridgehead atoms. The predicted molar refractivity (Wildman–Crippen MR) is 70.3 cm³/mol. The molecular formula is C11H18ClN3O2. The maximum absolute atomic E-state index is 10.9. The van der Waals surface area contributed by atoms with Gasteiger partial charge >= 0.3 is 0 Å². The molecule has 0 aliphatic heterocycles. The van der Waals surface area contributed by atoms with Gasteiger partial charge in [0.1, 0.15) is 0 Å². The van der Waals surface area contributed by atoms with Crippen molar-refractivity contribution >= 4 is 18.1 Å². The minimum absolute atomic E-state index is 0. The van der Waals surface area contributed by atoms with E-state index in [2.05, 4.69) is 0 Å². The van der Waals surface area contributed by atoms with Crippen molar-refractivity contribution in [2.75, 3.05) is 6.54 Å². The second-order valence-electron chi connectivity index (χ2n) is 3.69. The van der Waals surface area contributed by atoms with Gasteiger partial charge < -0.3 is 11.5 Å². The van der Waals surface area contributed by atoms with Crippen molar-refractivity contribution in [1.82, 2.24) is 0 Å². The van der Waals surface area contributed by atoms with Gasteiger partial charge in [-0.1, -0.05) is 19.1 Å². The van der Waals surface area contributed by atoms with Gasteiger partial charge in [0, 0.05) is 17.7 Å². The lowest BCUT2D eigenvalue weighted by Crippen LogP contribution is -2.16. The van der Waals surface area contributed by atoms with Crippen molar-refractivity contribution < 1.29 is 4.92 Å². The Morgan fingerprint density at radius 2 is 2.12 bits per heavy atom. The number of hydrogen-bond donors (Lipinski definition) is 2. The Bertz CT molecular complexity index is 385. The van der Waals surface area contributed by atoms with Gasteiger partial charge in [0.05, 0.1) is 4.92 Å². The molecule has 0 aromatic heterocycles. The minimum Gasteiger partial charge on any atom is -0.330 e. The molecule has 0 aliphatic carbocycles. The fraction of sp³-hybridized carbons (Fsp3) is 0.455. The van der Waals surface area contributed by atoms with Crippen LogP contribution in [-0.4, -0.2) is 11.5 Å². The molecule has 0 spiro atoms. The fourth-order valence-corrected chi connectivity index (χ4v) is 1.62. The second kappa shape index (κ2) is 7.21. The maximum atomic E-state index is 10.9. The highest BCUT2D eigenvalue weighted by Crippen LogP contribution is 2.26. The standard InChI is InChI=1S/C11H17N3O2.ClH/c1-2-8-3-4-9(10(13)5-6-12)11(7-8)14(15)16;/h3-4,7,10H,2,5-6,12-13H2,1H3;1H. The van der Waals surface area contributed by atoms with E-state index in [-0.39, 0.29) is 29.1 Å². The molecule has 1 atom stereocenters. The Morgan fingerprint density at radius 1 is 1.47 bits per heavy atom. The Kier molecular flexibility index (Phi) is 6.72. The summed E-state index contributed by atoms with van der Waals surface area (Å²) in [4.78, 5) is 10.5. The van der Waals surface area contributed by atoms with E-state index in [9.17, 15) is 10.1 Å². The molecule has 1 rings (SSSR count). The molecule has 0 fully saturated rings. The summed E-state index contributed by atoms with van der Waals surface area (Å²) in [5, 5.41) is 10.9. The van der Waals surface area contributed by atoms with Gasteiger partial charge in [-0.3, -0.25) is 10.1 Å². The third kappa shape index (κ3) is 3.96. The molecule has 1 aromatic rings. The molecule has 6 heteroatoms. The molecule has 0 aliphatic rings. The minimum atomic E-state index is -0.384. The lowest BCUT2D eigenvalue weighted by Gasteiger charge is -2.11. The molecule has 0 saturated heterocycles. The highest BCUT2D eigenvalue weighted by atomic mass is 35.5. The van der Waals surface area contributed by atoms with E-state index in [0.717, 1.165) is 12.0 Å². The van der Waals surface area contributed by atoms with Crippen LogP contribution >= 0.6 is 12.4 Å². The summed E-state index contributed by atoms with van der Waals surface area (Å²) in [7, 11) is 0. The van der Waals surface area contributed by atoms with Gasteiger partial charge in [-0.15, -0.1) is 12.4 Å². The molecule has 5 nitrogen and oxygen atoms in total. The van der Waals surface area contributed by atoms with Crippen molar-refractivity contribution in [2.45, 2.75) is 25.8 Å². The van der Waals surface area contributed by atoms with Crippen molar-refractivity contribution in [2.24, 2.45) is 11.5 Å². The van der Waals surface area contributed by atoms with Crippen molar-refractivity contribution in [3.8, 4) is 0 Å². The number of nitro benzene ring substituents is 1. The van der Waals surface area contributed by atoms with Crippen LogP contribution in [0.1, 0.15) is 30.5 Å². The number of halogens is 1. The molecule has 17 heavy (non-hydrogen) atoms. The zero-order valence-electron chi connectivity index (χ0n) is 9.76. The normalized spacial score (nSPS) is 11.7. The number of rotatable bonds is 5. The van der Waals surface area contributed by atoms with Crippen molar-refractivity contribution in [3.05, 3.63) is 39.4 Å². The number of hydrogen-bond acceptors (Lipinski definition) is 4. The highest BCUT2D eigenvalue weighted by molar-refractivity contribution is 5.85. The smallest absolute Gasteiger partial charge is 0.274 e. The molecule has 1 aromatic carbocycles. The lowest BCUT2D eigenvalue weighted by molar-refractivity contribution is -0.385. The highest BCUT2D eigenvalue weighted by Gasteiger charge is 2.19. The number of nitro groups is 1. The molecule has 4 N–H and O–H groups in total. The van der Waals surface area contributed by atoms with Crippen LogP contribution in [-0.2, 0) is 6.42 Å². The van der Waals surface area contributed by atoms with Crippen molar-refractivity contribution in [3.63, 3.8) is 0 Å².